The molecule has 2 unspecified atom stereocenters. The van der Waals surface area contributed by atoms with Gasteiger partial charge in [0.25, 0.3) is 5.91 Å². The molecule has 0 radical (unpaired) electrons. The SMILES string of the molecule is COc1ccc(C2CN(c3ccc4c(c3)C(=O)NC4)CCC2NC(=O)Nc2ccc(Cl)cc2)nc1. The van der Waals surface area contributed by atoms with Gasteiger partial charge < -0.3 is 25.6 Å². The van der Waals surface area contributed by atoms with Crippen LogP contribution in [0.15, 0.2) is 60.8 Å². The summed E-state index contributed by atoms with van der Waals surface area (Å²) in [5, 5.41) is 9.49. The van der Waals surface area contributed by atoms with Crippen LogP contribution in [0.3, 0.4) is 0 Å². The first-order valence-corrected chi connectivity index (χ1v) is 11.9. The lowest BCUT2D eigenvalue weighted by atomic mass is 9.88. The molecule has 8 nitrogen and oxygen atoms in total. The summed E-state index contributed by atoms with van der Waals surface area (Å²) in [5.41, 5.74) is 4.27. The highest BCUT2D eigenvalue weighted by Crippen LogP contribution is 2.32. The molecule has 0 spiro atoms. The van der Waals surface area contributed by atoms with Crippen molar-refractivity contribution < 1.29 is 14.3 Å². The number of benzene rings is 2. The van der Waals surface area contributed by atoms with Crippen LogP contribution in [0.25, 0.3) is 0 Å². The second-order valence-corrected chi connectivity index (χ2v) is 9.14. The molecular formula is C26H26ClN5O3. The summed E-state index contributed by atoms with van der Waals surface area (Å²) in [5.74, 6) is 0.578. The van der Waals surface area contributed by atoms with Crippen molar-refractivity contribution in [2.75, 3.05) is 30.4 Å². The summed E-state index contributed by atoms with van der Waals surface area (Å²) < 4.78 is 5.27. The molecule has 180 valence electrons. The van der Waals surface area contributed by atoms with E-state index in [1.807, 2.05) is 24.3 Å². The van der Waals surface area contributed by atoms with Gasteiger partial charge in [-0.2, -0.15) is 0 Å². The van der Waals surface area contributed by atoms with Crippen molar-refractivity contribution in [1.82, 2.24) is 15.6 Å². The van der Waals surface area contributed by atoms with Crippen molar-refractivity contribution in [3.05, 3.63) is 82.6 Å². The quantitative estimate of drug-likeness (QED) is 0.498. The number of methoxy groups -OCH3 is 1. The minimum atomic E-state index is -0.279. The summed E-state index contributed by atoms with van der Waals surface area (Å²) in [7, 11) is 1.61. The average Bonchev–Trinajstić information content (AvgIpc) is 3.25. The lowest BCUT2D eigenvalue weighted by Gasteiger charge is -2.40. The van der Waals surface area contributed by atoms with E-state index in [-0.39, 0.29) is 23.9 Å². The van der Waals surface area contributed by atoms with Gasteiger partial charge in [-0.15, -0.1) is 0 Å². The van der Waals surface area contributed by atoms with Gasteiger partial charge in [-0.1, -0.05) is 17.7 Å². The fourth-order valence-corrected chi connectivity index (χ4v) is 4.78. The van der Waals surface area contributed by atoms with Crippen molar-refractivity contribution in [3.8, 4) is 5.75 Å². The standard InChI is InChI=1S/C26H26ClN5O3/c1-35-20-8-9-23(28-14-20)22-15-32(19-7-2-16-13-29-25(33)21(16)12-19)11-10-24(22)31-26(34)30-18-5-3-17(27)4-6-18/h2-9,12,14,22,24H,10-11,13,15H2,1H3,(H,29,33)(H2,30,31,34). The van der Waals surface area contributed by atoms with Gasteiger partial charge in [0, 0.05) is 59.2 Å². The highest BCUT2D eigenvalue weighted by molar-refractivity contribution is 6.30. The second kappa shape index (κ2) is 9.84. The van der Waals surface area contributed by atoms with Crippen LogP contribution in [0.1, 0.15) is 34.0 Å². The van der Waals surface area contributed by atoms with Crippen LogP contribution in [-0.4, -0.2) is 43.2 Å². The number of carbonyl (C=O) groups is 2. The molecule has 2 aliphatic heterocycles. The number of nitrogens with one attached hydrogen (secondary N) is 3. The first-order valence-electron chi connectivity index (χ1n) is 11.5. The van der Waals surface area contributed by atoms with Crippen molar-refractivity contribution in [3.63, 3.8) is 0 Å². The summed E-state index contributed by atoms with van der Waals surface area (Å²) in [6.07, 6.45) is 2.41. The molecule has 0 saturated carbocycles. The number of hydrogen-bond acceptors (Lipinski definition) is 5. The Hall–Kier alpha value is -3.78. The predicted octanol–water partition coefficient (Wildman–Crippen LogP) is 4.17. The third-order valence-corrected chi connectivity index (χ3v) is 6.80. The molecule has 1 saturated heterocycles. The van der Waals surface area contributed by atoms with E-state index in [2.05, 4.69) is 31.9 Å². The van der Waals surface area contributed by atoms with Crippen LogP contribution in [0, 0.1) is 0 Å². The Morgan fingerprint density at radius 3 is 2.74 bits per heavy atom. The number of halogens is 1. The first-order chi connectivity index (χ1) is 17.0. The Kier molecular flexibility index (Phi) is 6.46. The van der Waals surface area contributed by atoms with E-state index >= 15 is 0 Å². The molecule has 0 aliphatic carbocycles. The zero-order chi connectivity index (χ0) is 24.4. The largest absolute Gasteiger partial charge is 0.495 e. The number of rotatable bonds is 5. The Morgan fingerprint density at radius 2 is 2.00 bits per heavy atom. The first kappa shape index (κ1) is 23.0. The number of hydrogen-bond donors (Lipinski definition) is 3. The van der Waals surface area contributed by atoms with E-state index in [1.54, 1.807) is 37.6 Å². The van der Waals surface area contributed by atoms with Gasteiger partial charge in [0.2, 0.25) is 0 Å². The minimum absolute atomic E-state index is 0.0364. The molecule has 2 aromatic carbocycles. The molecule has 3 aromatic rings. The normalized spacial score (nSPS) is 19.0. The topological polar surface area (TPSA) is 95.6 Å². The van der Waals surface area contributed by atoms with Gasteiger partial charge in [-0.3, -0.25) is 9.78 Å². The number of aromatic nitrogens is 1. The molecule has 3 heterocycles. The van der Waals surface area contributed by atoms with Crippen molar-refractivity contribution in [1.29, 1.82) is 0 Å². The maximum Gasteiger partial charge on any atom is 0.319 e. The Balaban J connectivity index is 1.36. The molecule has 5 rings (SSSR count). The molecule has 2 aliphatic rings. The van der Waals surface area contributed by atoms with E-state index in [0.29, 0.717) is 29.5 Å². The zero-order valence-electron chi connectivity index (χ0n) is 19.3. The van der Waals surface area contributed by atoms with Crippen LogP contribution in [-0.2, 0) is 6.54 Å². The highest BCUT2D eigenvalue weighted by Gasteiger charge is 2.33. The molecule has 1 fully saturated rings. The Morgan fingerprint density at radius 1 is 1.17 bits per heavy atom. The Bertz CT molecular complexity index is 1230. The lowest BCUT2D eigenvalue weighted by Crippen LogP contribution is -2.51. The molecule has 2 atom stereocenters. The molecule has 3 N–H and O–H groups in total. The lowest BCUT2D eigenvalue weighted by molar-refractivity contribution is 0.0965. The van der Waals surface area contributed by atoms with E-state index < -0.39 is 0 Å². The molecule has 9 heteroatoms. The van der Waals surface area contributed by atoms with Gasteiger partial charge in [-0.05, 0) is 60.5 Å². The summed E-state index contributed by atoms with van der Waals surface area (Å²) in [4.78, 5) is 31.8. The van der Waals surface area contributed by atoms with Crippen molar-refractivity contribution in [2.45, 2.75) is 24.9 Å². The summed E-state index contributed by atoms with van der Waals surface area (Å²) in [6.45, 7) is 1.95. The van der Waals surface area contributed by atoms with Crippen molar-refractivity contribution >= 4 is 34.9 Å². The maximum atomic E-state index is 12.8. The maximum absolute atomic E-state index is 12.8. The second-order valence-electron chi connectivity index (χ2n) is 8.70. The average molecular weight is 492 g/mol. The predicted molar refractivity (Wildman–Crippen MR) is 135 cm³/mol. The number of ether oxygens (including phenoxy) is 1. The van der Waals surface area contributed by atoms with Crippen LogP contribution in [0.4, 0.5) is 16.2 Å². The molecule has 0 bridgehead atoms. The highest BCUT2D eigenvalue weighted by atomic mass is 35.5. The van der Waals surface area contributed by atoms with Gasteiger partial charge in [0.05, 0.1) is 13.3 Å². The van der Waals surface area contributed by atoms with Gasteiger partial charge >= 0.3 is 6.03 Å². The Labute approximate surface area is 208 Å². The number of amides is 3. The molecular weight excluding hydrogens is 466 g/mol. The van der Waals surface area contributed by atoms with E-state index in [1.165, 1.54) is 0 Å². The number of fused-ring (bicyclic) bond motifs is 1. The molecule has 3 amide bonds. The van der Waals surface area contributed by atoms with Gasteiger partial charge in [0.15, 0.2) is 0 Å². The third-order valence-electron chi connectivity index (χ3n) is 6.55. The van der Waals surface area contributed by atoms with E-state index in [4.69, 9.17) is 16.3 Å². The van der Waals surface area contributed by atoms with Crippen LogP contribution < -0.4 is 25.6 Å². The number of nitrogens with zero attached hydrogens (tertiary/aromatic N) is 2. The fraction of sp³-hybridized carbons (Fsp3) is 0.269. The third kappa shape index (κ3) is 5.02. The molecule has 1 aromatic heterocycles. The summed E-state index contributed by atoms with van der Waals surface area (Å²) in [6, 6.07) is 16.4. The van der Waals surface area contributed by atoms with E-state index in [0.717, 1.165) is 35.5 Å². The zero-order valence-corrected chi connectivity index (χ0v) is 20.0. The number of carbonyl (C=O) groups excluding carboxylic acids is 2. The number of urea groups is 1. The van der Waals surface area contributed by atoms with E-state index in [9.17, 15) is 9.59 Å². The van der Waals surface area contributed by atoms with Crippen LogP contribution >= 0.6 is 11.6 Å². The number of anilines is 2. The van der Waals surface area contributed by atoms with Crippen LogP contribution in [0.2, 0.25) is 5.02 Å². The fourth-order valence-electron chi connectivity index (χ4n) is 4.66. The number of piperidine rings is 1. The summed E-state index contributed by atoms with van der Waals surface area (Å²) >= 11 is 5.94. The van der Waals surface area contributed by atoms with Gasteiger partial charge in [-0.25, -0.2) is 4.79 Å². The van der Waals surface area contributed by atoms with Crippen LogP contribution in [0.5, 0.6) is 5.75 Å². The minimum Gasteiger partial charge on any atom is -0.495 e. The monoisotopic (exact) mass is 491 g/mol. The smallest absolute Gasteiger partial charge is 0.319 e. The molecule has 35 heavy (non-hydrogen) atoms. The van der Waals surface area contributed by atoms with Crippen molar-refractivity contribution in [2.24, 2.45) is 0 Å². The number of pyridine rings is 1. The van der Waals surface area contributed by atoms with Gasteiger partial charge in [0.1, 0.15) is 5.75 Å².